The number of carbonyl (C=O) groups is 1. The first-order chi connectivity index (χ1) is 10.6. The fourth-order valence-corrected chi connectivity index (χ4v) is 3.74. The van der Waals surface area contributed by atoms with E-state index in [0.29, 0.717) is 24.4 Å². The van der Waals surface area contributed by atoms with Crippen molar-refractivity contribution >= 4 is 16.8 Å². The van der Waals surface area contributed by atoms with Gasteiger partial charge in [-0.3, -0.25) is 4.79 Å². The Morgan fingerprint density at radius 1 is 1.27 bits per heavy atom. The summed E-state index contributed by atoms with van der Waals surface area (Å²) in [5.41, 5.74) is 2.28. The summed E-state index contributed by atoms with van der Waals surface area (Å²) < 4.78 is 2.11. The molecule has 0 spiro atoms. The second-order valence-corrected chi connectivity index (χ2v) is 6.87. The summed E-state index contributed by atoms with van der Waals surface area (Å²) in [4.78, 5) is 12.5. The predicted octanol–water partition coefficient (Wildman–Crippen LogP) is 3.89. The molecule has 1 saturated carbocycles. The van der Waals surface area contributed by atoms with Crippen LogP contribution >= 0.6 is 0 Å². The first-order valence-corrected chi connectivity index (χ1v) is 8.40. The molecule has 3 atom stereocenters. The molecule has 0 saturated heterocycles. The molecule has 1 aliphatic carbocycles. The van der Waals surface area contributed by atoms with E-state index in [2.05, 4.69) is 48.9 Å². The maximum absolute atomic E-state index is 12.5. The number of nitrogens with zero attached hydrogens (tertiary/aromatic N) is 1. The molecule has 1 N–H and O–H groups in total. The summed E-state index contributed by atoms with van der Waals surface area (Å²) in [6, 6.07) is 10.7. The van der Waals surface area contributed by atoms with Crippen molar-refractivity contribution in [2.45, 2.75) is 52.6 Å². The molecule has 1 heterocycles. The quantitative estimate of drug-likeness (QED) is 0.916. The SMILES string of the molecule is Cc1cc2ccccc2n1CC(=O)N[C@@H]1CCC[C@H](C)[C@H]1C. The first kappa shape index (κ1) is 15.1. The molecule has 3 nitrogen and oxygen atoms in total. The van der Waals surface area contributed by atoms with Gasteiger partial charge in [-0.25, -0.2) is 0 Å². The van der Waals surface area contributed by atoms with Gasteiger partial charge >= 0.3 is 0 Å². The second kappa shape index (κ2) is 6.15. The molecule has 118 valence electrons. The first-order valence-electron chi connectivity index (χ1n) is 8.40. The zero-order valence-corrected chi connectivity index (χ0v) is 13.8. The molecule has 3 heteroatoms. The topological polar surface area (TPSA) is 34.0 Å². The minimum absolute atomic E-state index is 0.135. The lowest BCUT2D eigenvalue weighted by molar-refractivity contribution is -0.123. The van der Waals surface area contributed by atoms with Crippen molar-refractivity contribution < 1.29 is 4.79 Å². The fourth-order valence-electron chi connectivity index (χ4n) is 3.74. The van der Waals surface area contributed by atoms with E-state index in [9.17, 15) is 4.79 Å². The third-order valence-electron chi connectivity index (χ3n) is 5.37. The van der Waals surface area contributed by atoms with Crippen molar-refractivity contribution in [3.63, 3.8) is 0 Å². The van der Waals surface area contributed by atoms with Crippen LogP contribution in [0, 0.1) is 18.8 Å². The van der Waals surface area contributed by atoms with Crippen LogP contribution in [0.2, 0.25) is 0 Å². The Hall–Kier alpha value is -1.77. The largest absolute Gasteiger partial charge is 0.352 e. The van der Waals surface area contributed by atoms with Crippen LogP contribution in [0.1, 0.15) is 38.8 Å². The number of carbonyl (C=O) groups excluding carboxylic acids is 1. The molecule has 3 rings (SSSR count). The average molecular weight is 298 g/mol. The van der Waals surface area contributed by atoms with Gasteiger partial charge in [-0.05, 0) is 42.7 Å². The molecule has 1 aromatic heterocycles. The zero-order chi connectivity index (χ0) is 15.7. The monoisotopic (exact) mass is 298 g/mol. The molecule has 1 amide bonds. The number of nitrogens with one attached hydrogen (secondary N) is 1. The Bertz CT molecular complexity index is 673. The molecule has 22 heavy (non-hydrogen) atoms. The van der Waals surface area contributed by atoms with Crippen LogP contribution in [-0.4, -0.2) is 16.5 Å². The van der Waals surface area contributed by atoms with Crippen LogP contribution in [0.5, 0.6) is 0 Å². The van der Waals surface area contributed by atoms with Gasteiger partial charge in [0.15, 0.2) is 0 Å². The Morgan fingerprint density at radius 3 is 2.86 bits per heavy atom. The van der Waals surface area contributed by atoms with Crippen molar-refractivity contribution in [2.75, 3.05) is 0 Å². The van der Waals surface area contributed by atoms with Crippen LogP contribution in [-0.2, 0) is 11.3 Å². The zero-order valence-electron chi connectivity index (χ0n) is 13.8. The number of fused-ring (bicyclic) bond motifs is 1. The normalized spacial score (nSPS) is 25.3. The number of hydrogen-bond acceptors (Lipinski definition) is 1. The van der Waals surface area contributed by atoms with Gasteiger partial charge < -0.3 is 9.88 Å². The van der Waals surface area contributed by atoms with Crippen molar-refractivity contribution in [3.8, 4) is 0 Å². The van der Waals surface area contributed by atoms with Crippen molar-refractivity contribution in [3.05, 3.63) is 36.0 Å². The average Bonchev–Trinajstić information content (AvgIpc) is 2.80. The number of benzene rings is 1. The van der Waals surface area contributed by atoms with E-state index >= 15 is 0 Å². The van der Waals surface area contributed by atoms with Crippen LogP contribution in [0.15, 0.2) is 30.3 Å². The maximum Gasteiger partial charge on any atom is 0.240 e. The molecule has 0 bridgehead atoms. The van der Waals surface area contributed by atoms with Crippen molar-refractivity contribution in [1.82, 2.24) is 9.88 Å². The number of amides is 1. The molecular formula is C19H26N2O. The predicted molar refractivity (Wildman–Crippen MR) is 90.8 cm³/mol. The highest BCUT2D eigenvalue weighted by Gasteiger charge is 2.28. The number of hydrogen-bond donors (Lipinski definition) is 1. The van der Waals surface area contributed by atoms with Crippen LogP contribution in [0.25, 0.3) is 10.9 Å². The second-order valence-electron chi connectivity index (χ2n) is 6.87. The smallest absolute Gasteiger partial charge is 0.240 e. The molecule has 1 fully saturated rings. The number of para-hydroxylation sites is 1. The van der Waals surface area contributed by atoms with E-state index in [1.54, 1.807) is 0 Å². The van der Waals surface area contributed by atoms with E-state index in [-0.39, 0.29) is 5.91 Å². The van der Waals surface area contributed by atoms with Gasteiger partial charge in [-0.15, -0.1) is 0 Å². The molecule has 1 aliphatic rings. The van der Waals surface area contributed by atoms with Crippen LogP contribution in [0.4, 0.5) is 0 Å². The summed E-state index contributed by atoms with van der Waals surface area (Å²) in [5, 5.41) is 4.47. The van der Waals surface area contributed by atoms with Gasteiger partial charge in [0.05, 0.1) is 0 Å². The van der Waals surface area contributed by atoms with E-state index in [4.69, 9.17) is 0 Å². The molecule has 0 aliphatic heterocycles. The van der Waals surface area contributed by atoms with Crippen LogP contribution in [0.3, 0.4) is 0 Å². The van der Waals surface area contributed by atoms with Crippen molar-refractivity contribution in [1.29, 1.82) is 0 Å². The Balaban J connectivity index is 1.72. The molecule has 0 radical (unpaired) electrons. The van der Waals surface area contributed by atoms with Gasteiger partial charge in [-0.2, -0.15) is 0 Å². The Kier molecular flexibility index (Phi) is 4.23. The molecule has 2 aromatic rings. The summed E-state index contributed by atoms with van der Waals surface area (Å²) >= 11 is 0. The Labute approximate surface area is 132 Å². The summed E-state index contributed by atoms with van der Waals surface area (Å²) in [6.45, 7) is 7.05. The molecule has 1 aromatic carbocycles. The third kappa shape index (κ3) is 2.90. The molecule has 0 unspecified atom stereocenters. The minimum Gasteiger partial charge on any atom is -0.352 e. The summed E-state index contributed by atoms with van der Waals surface area (Å²) in [6.07, 6.45) is 3.62. The van der Waals surface area contributed by atoms with Gasteiger partial charge in [0, 0.05) is 17.3 Å². The number of rotatable bonds is 3. The van der Waals surface area contributed by atoms with E-state index in [0.717, 1.165) is 17.6 Å². The highest BCUT2D eigenvalue weighted by Crippen LogP contribution is 2.29. The number of aryl methyl sites for hydroxylation is 1. The fraction of sp³-hybridized carbons (Fsp3) is 0.526. The lowest BCUT2D eigenvalue weighted by Crippen LogP contribution is -2.44. The van der Waals surface area contributed by atoms with E-state index in [1.807, 2.05) is 12.1 Å². The highest BCUT2D eigenvalue weighted by molar-refractivity contribution is 5.84. The van der Waals surface area contributed by atoms with Gasteiger partial charge in [0.1, 0.15) is 6.54 Å². The van der Waals surface area contributed by atoms with Crippen molar-refractivity contribution in [2.24, 2.45) is 11.8 Å². The number of aromatic nitrogens is 1. The highest BCUT2D eigenvalue weighted by atomic mass is 16.2. The lowest BCUT2D eigenvalue weighted by Gasteiger charge is -2.34. The van der Waals surface area contributed by atoms with E-state index < -0.39 is 0 Å². The lowest BCUT2D eigenvalue weighted by atomic mass is 9.78. The minimum atomic E-state index is 0.135. The van der Waals surface area contributed by atoms with Gasteiger partial charge in [0.25, 0.3) is 0 Å². The van der Waals surface area contributed by atoms with Gasteiger partial charge in [0.2, 0.25) is 5.91 Å². The van der Waals surface area contributed by atoms with E-state index in [1.165, 1.54) is 18.2 Å². The summed E-state index contributed by atoms with van der Waals surface area (Å²) in [7, 11) is 0. The van der Waals surface area contributed by atoms with Gasteiger partial charge in [-0.1, -0.05) is 44.9 Å². The summed E-state index contributed by atoms with van der Waals surface area (Å²) in [5.74, 6) is 1.41. The third-order valence-corrected chi connectivity index (χ3v) is 5.37. The maximum atomic E-state index is 12.5. The van der Waals surface area contributed by atoms with Crippen LogP contribution < -0.4 is 5.32 Å². The molecular weight excluding hydrogens is 272 g/mol. The standard InChI is InChI=1S/C19H26N2O/c1-13-7-6-9-17(15(13)3)20-19(22)12-21-14(2)11-16-8-4-5-10-18(16)21/h4-5,8,10-11,13,15,17H,6-7,9,12H2,1-3H3,(H,20,22)/t13-,15+,17+/m0/s1. The Morgan fingerprint density at radius 2 is 2.05 bits per heavy atom.